The van der Waals surface area contributed by atoms with Gasteiger partial charge in [-0.3, -0.25) is 0 Å². The van der Waals surface area contributed by atoms with Crippen molar-refractivity contribution in [3.63, 3.8) is 0 Å². The third-order valence-corrected chi connectivity index (χ3v) is 3.05. The summed E-state index contributed by atoms with van der Waals surface area (Å²) in [6.45, 7) is 0. The third kappa shape index (κ3) is 2.27. The van der Waals surface area contributed by atoms with Crippen molar-refractivity contribution in [3.05, 3.63) is 51.5 Å². The van der Waals surface area contributed by atoms with Crippen LogP contribution in [0.2, 0.25) is 15.1 Å². The summed E-state index contributed by atoms with van der Waals surface area (Å²) in [4.78, 5) is 0. The summed E-state index contributed by atoms with van der Waals surface area (Å²) in [5, 5.41) is 1.74. The number of benzene rings is 2. The lowest BCUT2D eigenvalue weighted by molar-refractivity contribution is 1.61. The molecule has 1 nitrogen and oxygen atoms in total. The van der Waals surface area contributed by atoms with E-state index in [1.807, 2.05) is 12.1 Å². The molecule has 0 bridgehead atoms. The van der Waals surface area contributed by atoms with E-state index in [0.29, 0.717) is 20.8 Å². The van der Waals surface area contributed by atoms with Crippen molar-refractivity contribution < 1.29 is 0 Å². The smallest absolute Gasteiger partial charge is 0.0519 e. The van der Waals surface area contributed by atoms with E-state index in [1.165, 1.54) is 0 Å². The summed E-state index contributed by atoms with van der Waals surface area (Å²) in [6, 6.07) is 10.7. The fourth-order valence-corrected chi connectivity index (χ4v) is 2.33. The topological polar surface area (TPSA) is 26.0 Å². The highest BCUT2D eigenvalue weighted by Gasteiger charge is 2.09. The van der Waals surface area contributed by atoms with E-state index in [1.54, 1.807) is 24.3 Å². The first-order chi connectivity index (χ1) is 7.58. The lowest BCUT2D eigenvalue weighted by Crippen LogP contribution is -1.88. The largest absolute Gasteiger partial charge is 0.399 e. The van der Waals surface area contributed by atoms with Gasteiger partial charge < -0.3 is 5.73 Å². The first-order valence-electron chi connectivity index (χ1n) is 4.58. The molecule has 2 aromatic rings. The van der Waals surface area contributed by atoms with Crippen LogP contribution in [0.4, 0.5) is 5.69 Å². The molecule has 0 saturated carbocycles. The zero-order valence-electron chi connectivity index (χ0n) is 8.18. The van der Waals surface area contributed by atoms with Crippen molar-refractivity contribution >= 4 is 40.5 Å². The van der Waals surface area contributed by atoms with E-state index >= 15 is 0 Å². The second-order valence-electron chi connectivity index (χ2n) is 3.37. The summed E-state index contributed by atoms with van der Waals surface area (Å²) < 4.78 is 0. The first kappa shape index (κ1) is 11.6. The quantitative estimate of drug-likeness (QED) is 0.734. The maximum atomic E-state index is 6.11. The van der Waals surface area contributed by atoms with Crippen molar-refractivity contribution in [2.45, 2.75) is 0 Å². The van der Waals surface area contributed by atoms with Gasteiger partial charge in [0, 0.05) is 16.3 Å². The Kier molecular flexibility index (Phi) is 3.29. The molecule has 0 radical (unpaired) electrons. The number of hydrogen-bond acceptors (Lipinski definition) is 1. The molecule has 16 heavy (non-hydrogen) atoms. The fraction of sp³-hybridized carbons (Fsp3) is 0. The lowest BCUT2D eigenvalue weighted by Gasteiger charge is -2.08. The molecule has 4 heteroatoms. The molecule has 0 amide bonds. The Bertz CT molecular complexity index is 497. The van der Waals surface area contributed by atoms with E-state index in [-0.39, 0.29) is 0 Å². The molecule has 82 valence electrons. The van der Waals surface area contributed by atoms with Crippen LogP contribution in [-0.2, 0) is 0 Å². The second kappa shape index (κ2) is 4.54. The van der Waals surface area contributed by atoms with Crippen LogP contribution in [0.25, 0.3) is 11.1 Å². The van der Waals surface area contributed by atoms with Crippen LogP contribution in [0.15, 0.2) is 36.4 Å². The van der Waals surface area contributed by atoms with Crippen LogP contribution in [-0.4, -0.2) is 0 Å². The second-order valence-corrected chi connectivity index (χ2v) is 4.62. The molecule has 2 N–H and O–H groups in total. The summed E-state index contributed by atoms with van der Waals surface area (Å²) in [6.07, 6.45) is 0. The van der Waals surface area contributed by atoms with E-state index in [0.717, 1.165) is 11.1 Å². The van der Waals surface area contributed by atoms with Crippen LogP contribution in [0.5, 0.6) is 0 Å². The average Bonchev–Trinajstić information content (AvgIpc) is 2.19. The van der Waals surface area contributed by atoms with Gasteiger partial charge in [-0.15, -0.1) is 0 Å². The van der Waals surface area contributed by atoms with E-state index in [9.17, 15) is 0 Å². The lowest BCUT2D eigenvalue weighted by atomic mass is 10.1. The molecule has 0 unspecified atom stereocenters. The molecule has 0 spiro atoms. The predicted octanol–water partition coefficient (Wildman–Crippen LogP) is 4.90. The maximum Gasteiger partial charge on any atom is 0.0519 e. The molecule has 2 aromatic carbocycles. The van der Waals surface area contributed by atoms with Gasteiger partial charge in [0.2, 0.25) is 0 Å². The van der Waals surface area contributed by atoms with Crippen LogP contribution in [0, 0.1) is 0 Å². The molecule has 2 rings (SSSR count). The molecule has 0 saturated heterocycles. The third-order valence-electron chi connectivity index (χ3n) is 2.20. The van der Waals surface area contributed by atoms with Gasteiger partial charge >= 0.3 is 0 Å². The normalized spacial score (nSPS) is 10.4. The first-order valence-corrected chi connectivity index (χ1v) is 5.72. The number of rotatable bonds is 1. The number of halogens is 3. The zero-order chi connectivity index (χ0) is 11.7. The van der Waals surface area contributed by atoms with Gasteiger partial charge in [-0.1, -0.05) is 46.9 Å². The summed E-state index contributed by atoms with van der Waals surface area (Å²) in [7, 11) is 0. The minimum Gasteiger partial charge on any atom is -0.399 e. The summed E-state index contributed by atoms with van der Waals surface area (Å²) >= 11 is 18.0. The van der Waals surface area contributed by atoms with E-state index in [4.69, 9.17) is 40.5 Å². The van der Waals surface area contributed by atoms with Gasteiger partial charge in [-0.25, -0.2) is 0 Å². The highest BCUT2D eigenvalue weighted by atomic mass is 35.5. The molecule has 0 aliphatic carbocycles. The maximum absolute atomic E-state index is 6.11. The Morgan fingerprint density at radius 1 is 0.812 bits per heavy atom. The van der Waals surface area contributed by atoms with Crippen molar-refractivity contribution in [3.8, 4) is 11.1 Å². The molecule has 0 atom stereocenters. The highest BCUT2D eigenvalue weighted by molar-refractivity contribution is 6.39. The number of nitrogens with two attached hydrogens (primary N) is 1. The zero-order valence-corrected chi connectivity index (χ0v) is 10.4. The van der Waals surface area contributed by atoms with Crippen LogP contribution < -0.4 is 5.73 Å². The SMILES string of the molecule is Nc1cc(Cl)c(-c2ccc(Cl)cc2)c(Cl)c1. The van der Waals surface area contributed by atoms with Crippen LogP contribution >= 0.6 is 34.8 Å². The fourth-order valence-electron chi connectivity index (χ4n) is 1.49. The van der Waals surface area contributed by atoms with Crippen molar-refractivity contribution in [1.82, 2.24) is 0 Å². The molecule has 0 aliphatic heterocycles. The van der Waals surface area contributed by atoms with Gasteiger partial charge in [0.25, 0.3) is 0 Å². The Labute approximate surface area is 109 Å². The molecular formula is C12H8Cl3N. The molecular weight excluding hydrogens is 264 g/mol. The average molecular weight is 273 g/mol. The summed E-state index contributed by atoms with van der Waals surface area (Å²) in [5.74, 6) is 0. The minimum atomic E-state index is 0.535. The monoisotopic (exact) mass is 271 g/mol. The van der Waals surface area contributed by atoms with Gasteiger partial charge in [-0.05, 0) is 29.8 Å². The molecule has 0 aliphatic rings. The van der Waals surface area contributed by atoms with E-state index < -0.39 is 0 Å². The molecule has 0 fully saturated rings. The Morgan fingerprint density at radius 2 is 1.31 bits per heavy atom. The Morgan fingerprint density at radius 3 is 1.81 bits per heavy atom. The number of hydrogen-bond donors (Lipinski definition) is 1. The van der Waals surface area contributed by atoms with Crippen LogP contribution in [0.3, 0.4) is 0 Å². The number of anilines is 1. The highest BCUT2D eigenvalue weighted by Crippen LogP contribution is 2.36. The van der Waals surface area contributed by atoms with Gasteiger partial charge in [0.05, 0.1) is 10.0 Å². The van der Waals surface area contributed by atoms with Gasteiger partial charge in [0.15, 0.2) is 0 Å². The molecule has 0 heterocycles. The van der Waals surface area contributed by atoms with Gasteiger partial charge in [0.1, 0.15) is 0 Å². The number of nitrogen functional groups attached to an aromatic ring is 1. The van der Waals surface area contributed by atoms with E-state index in [2.05, 4.69) is 0 Å². The van der Waals surface area contributed by atoms with Crippen molar-refractivity contribution in [1.29, 1.82) is 0 Å². The van der Waals surface area contributed by atoms with Gasteiger partial charge in [-0.2, -0.15) is 0 Å². The molecule has 0 aromatic heterocycles. The van der Waals surface area contributed by atoms with Crippen LogP contribution in [0.1, 0.15) is 0 Å². The predicted molar refractivity (Wildman–Crippen MR) is 71.3 cm³/mol. The summed E-state index contributed by atoms with van der Waals surface area (Å²) in [5.41, 5.74) is 7.88. The standard InChI is InChI=1S/C12H8Cl3N/c13-8-3-1-7(2-4-8)12-10(14)5-9(16)6-11(12)15/h1-6H,16H2. The van der Waals surface area contributed by atoms with Crippen molar-refractivity contribution in [2.24, 2.45) is 0 Å². The van der Waals surface area contributed by atoms with Crippen molar-refractivity contribution in [2.75, 3.05) is 5.73 Å². The Hall–Kier alpha value is -0.890. The Balaban J connectivity index is 2.60. The minimum absolute atomic E-state index is 0.535.